The van der Waals surface area contributed by atoms with Crippen molar-refractivity contribution in [1.82, 2.24) is 9.97 Å². The van der Waals surface area contributed by atoms with Gasteiger partial charge in [0, 0.05) is 22.1 Å². The lowest BCUT2D eigenvalue weighted by Gasteiger charge is -2.14. The Hall–Kier alpha value is -1.59. The van der Waals surface area contributed by atoms with Crippen molar-refractivity contribution in [2.24, 2.45) is 0 Å². The summed E-state index contributed by atoms with van der Waals surface area (Å²) in [4.78, 5) is 21.3. The molecule has 1 heterocycles. The molecule has 1 aromatic heterocycles. The van der Waals surface area contributed by atoms with Crippen LogP contribution in [0.4, 0.5) is 5.69 Å². The van der Waals surface area contributed by atoms with Crippen LogP contribution in [0.1, 0.15) is 29.4 Å². The summed E-state index contributed by atoms with van der Waals surface area (Å²) >= 11 is 7.33. The molecule has 0 fully saturated rings. The van der Waals surface area contributed by atoms with Crippen molar-refractivity contribution < 1.29 is 4.79 Å². The zero-order chi connectivity index (χ0) is 17.1. The highest BCUT2D eigenvalue weighted by molar-refractivity contribution is 8.00. The predicted molar refractivity (Wildman–Crippen MR) is 96.4 cm³/mol. The minimum absolute atomic E-state index is 0.0974. The van der Waals surface area contributed by atoms with Gasteiger partial charge in [0.05, 0.1) is 5.25 Å². The fraction of sp³-hybridized carbons (Fsp3) is 0.353. The van der Waals surface area contributed by atoms with Crippen LogP contribution >= 0.6 is 23.4 Å². The Morgan fingerprint density at radius 1 is 1.17 bits per heavy atom. The Kier molecular flexibility index (Phi) is 5.65. The summed E-state index contributed by atoms with van der Waals surface area (Å²) in [6.45, 7) is 9.67. The van der Waals surface area contributed by atoms with Crippen LogP contribution in [0.5, 0.6) is 0 Å². The molecule has 0 radical (unpaired) electrons. The number of anilines is 1. The van der Waals surface area contributed by atoms with E-state index in [0.717, 1.165) is 28.2 Å². The van der Waals surface area contributed by atoms with E-state index < -0.39 is 0 Å². The number of nitrogens with zero attached hydrogens (tertiary/aromatic N) is 2. The Bertz CT molecular complexity index is 726. The summed E-state index contributed by atoms with van der Waals surface area (Å²) in [6, 6.07) is 5.44. The molecule has 1 N–H and O–H groups in total. The van der Waals surface area contributed by atoms with Crippen molar-refractivity contribution in [1.29, 1.82) is 0 Å². The second-order valence-electron chi connectivity index (χ2n) is 5.51. The number of carbonyl (C=O) groups is 1. The molecule has 1 amide bonds. The third-order valence-electron chi connectivity index (χ3n) is 3.72. The molecule has 4 nitrogen and oxygen atoms in total. The summed E-state index contributed by atoms with van der Waals surface area (Å²) < 4.78 is 0. The first-order valence-corrected chi connectivity index (χ1v) is 8.59. The molecular formula is C17H20ClN3OS. The first-order valence-electron chi connectivity index (χ1n) is 7.33. The van der Waals surface area contributed by atoms with Gasteiger partial charge in [-0.15, -0.1) is 0 Å². The number of benzene rings is 1. The Balaban J connectivity index is 2.10. The number of thioether (sulfide) groups is 1. The van der Waals surface area contributed by atoms with E-state index in [9.17, 15) is 4.79 Å². The van der Waals surface area contributed by atoms with Crippen LogP contribution < -0.4 is 5.32 Å². The minimum Gasteiger partial charge on any atom is -0.325 e. The van der Waals surface area contributed by atoms with Crippen LogP contribution in [-0.4, -0.2) is 21.1 Å². The first kappa shape index (κ1) is 17.8. The van der Waals surface area contributed by atoms with Crippen molar-refractivity contribution in [3.63, 3.8) is 0 Å². The highest BCUT2D eigenvalue weighted by Crippen LogP contribution is 2.25. The maximum atomic E-state index is 12.4. The van der Waals surface area contributed by atoms with E-state index in [4.69, 9.17) is 11.6 Å². The van der Waals surface area contributed by atoms with Crippen molar-refractivity contribution in [3.8, 4) is 0 Å². The summed E-state index contributed by atoms with van der Waals surface area (Å²) in [6.07, 6.45) is 0. The lowest BCUT2D eigenvalue weighted by Crippen LogP contribution is -2.23. The Labute approximate surface area is 146 Å². The second-order valence-corrected chi connectivity index (χ2v) is 7.25. The largest absolute Gasteiger partial charge is 0.325 e. The molecule has 6 heteroatoms. The molecule has 0 aliphatic heterocycles. The van der Waals surface area contributed by atoms with Gasteiger partial charge in [0.15, 0.2) is 5.16 Å². The molecule has 1 aromatic carbocycles. The van der Waals surface area contributed by atoms with Gasteiger partial charge in [-0.3, -0.25) is 4.79 Å². The van der Waals surface area contributed by atoms with Gasteiger partial charge < -0.3 is 5.32 Å². The fourth-order valence-electron chi connectivity index (χ4n) is 1.97. The molecule has 2 aromatic rings. The van der Waals surface area contributed by atoms with Gasteiger partial charge in [-0.2, -0.15) is 0 Å². The van der Waals surface area contributed by atoms with E-state index in [1.165, 1.54) is 11.8 Å². The van der Waals surface area contributed by atoms with Crippen molar-refractivity contribution in [2.75, 3.05) is 5.32 Å². The van der Waals surface area contributed by atoms with Gasteiger partial charge >= 0.3 is 0 Å². The van der Waals surface area contributed by atoms with Crippen LogP contribution in [0.25, 0.3) is 0 Å². The normalized spacial score (nSPS) is 12.1. The molecule has 23 heavy (non-hydrogen) atoms. The van der Waals surface area contributed by atoms with Gasteiger partial charge in [-0.05, 0) is 57.9 Å². The summed E-state index contributed by atoms with van der Waals surface area (Å²) in [5.74, 6) is -0.0974. The van der Waals surface area contributed by atoms with Crippen molar-refractivity contribution in [3.05, 3.63) is 45.7 Å². The Morgan fingerprint density at radius 2 is 1.78 bits per heavy atom. The van der Waals surface area contributed by atoms with Crippen LogP contribution in [0.15, 0.2) is 23.4 Å². The van der Waals surface area contributed by atoms with E-state index in [0.29, 0.717) is 10.2 Å². The number of nitrogens with one attached hydrogen (secondary N) is 1. The third kappa shape index (κ3) is 4.45. The first-order chi connectivity index (χ1) is 10.8. The molecule has 0 saturated heterocycles. The van der Waals surface area contributed by atoms with E-state index >= 15 is 0 Å². The SMILES string of the molecule is Cc1ccc(Cl)cc1NC(=O)[C@@H](C)Sc1nc(C)c(C)c(C)n1. The number of hydrogen-bond acceptors (Lipinski definition) is 4. The van der Waals surface area contributed by atoms with E-state index in [2.05, 4.69) is 15.3 Å². The van der Waals surface area contributed by atoms with Gasteiger partial charge in [0.2, 0.25) is 5.91 Å². The molecular weight excluding hydrogens is 330 g/mol. The van der Waals surface area contributed by atoms with Crippen LogP contribution in [0.2, 0.25) is 5.02 Å². The predicted octanol–water partition coefficient (Wildman–Crippen LogP) is 4.48. The zero-order valence-corrected chi connectivity index (χ0v) is 15.5. The quantitative estimate of drug-likeness (QED) is 0.653. The average Bonchev–Trinajstić information content (AvgIpc) is 2.48. The van der Waals surface area contributed by atoms with Gasteiger partial charge in [-0.25, -0.2) is 9.97 Å². The molecule has 0 aliphatic rings. The number of carbonyl (C=O) groups excluding carboxylic acids is 1. The van der Waals surface area contributed by atoms with E-state index in [1.54, 1.807) is 12.1 Å². The van der Waals surface area contributed by atoms with Crippen LogP contribution in [0.3, 0.4) is 0 Å². The number of halogens is 1. The molecule has 0 aliphatic carbocycles. The van der Waals surface area contributed by atoms with E-state index in [-0.39, 0.29) is 11.2 Å². The lowest BCUT2D eigenvalue weighted by molar-refractivity contribution is -0.115. The van der Waals surface area contributed by atoms with Gasteiger partial charge in [-0.1, -0.05) is 29.4 Å². The average molecular weight is 350 g/mol. The number of aromatic nitrogens is 2. The molecule has 0 bridgehead atoms. The number of amides is 1. The highest BCUT2D eigenvalue weighted by Gasteiger charge is 2.18. The molecule has 122 valence electrons. The summed E-state index contributed by atoms with van der Waals surface area (Å²) in [5, 5.41) is 3.82. The van der Waals surface area contributed by atoms with Gasteiger partial charge in [0.25, 0.3) is 0 Å². The highest BCUT2D eigenvalue weighted by atomic mass is 35.5. The molecule has 2 rings (SSSR count). The molecule has 1 atom stereocenters. The third-order valence-corrected chi connectivity index (χ3v) is 4.92. The molecule has 0 spiro atoms. The maximum absolute atomic E-state index is 12.4. The number of rotatable bonds is 4. The second kappa shape index (κ2) is 7.32. The molecule has 0 saturated carbocycles. The van der Waals surface area contributed by atoms with Crippen LogP contribution in [0, 0.1) is 27.7 Å². The van der Waals surface area contributed by atoms with Crippen molar-refractivity contribution in [2.45, 2.75) is 45.0 Å². The topological polar surface area (TPSA) is 54.9 Å². The van der Waals surface area contributed by atoms with E-state index in [1.807, 2.05) is 40.7 Å². The zero-order valence-electron chi connectivity index (χ0n) is 13.9. The number of hydrogen-bond donors (Lipinski definition) is 1. The standard InChI is InChI=1S/C17H20ClN3OS/c1-9-6-7-14(18)8-15(9)21-16(22)13(5)23-17-19-11(3)10(2)12(4)20-17/h6-8,13H,1-5H3,(H,21,22)/t13-/m1/s1. The van der Waals surface area contributed by atoms with Gasteiger partial charge in [0.1, 0.15) is 0 Å². The van der Waals surface area contributed by atoms with Crippen LogP contribution in [-0.2, 0) is 4.79 Å². The maximum Gasteiger partial charge on any atom is 0.237 e. The number of aryl methyl sites for hydroxylation is 3. The smallest absolute Gasteiger partial charge is 0.237 e. The lowest BCUT2D eigenvalue weighted by atomic mass is 10.2. The molecule has 0 unspecified atom stereocenters. The fourth-order valence-corrected chi connectivity index (χ4v) is 3.00. The Morgan fingerprint density at radius 3 is 2.39 bits per heavy atom. The minimum atomic E-state index is -0.310. The monoisotopic (exact) mass is 349 g/mol. The van der Waals surface area contributed by atoms with Crippen molar-refractivity contribution >= 4 is 35.0 Å². The summed E-state index contributed by atoms with van der Waals surface area (Å²) in [5.41, 5.74) is 4.67. The summed E-state index contributed by atoms with van der Waals surface area (Å²) in [7, 11) is 0.